The summed E-state index contributed by atoms with van der Waals surface area (Å²) in [5.74, 6) is -0.402. The van der Waals surface area contributed by atoms with E-state index in [9.17, 15) is 15.2 Å². The molecule has 1 heterocycles. The zero-order chi connectivity index (χ0) is 24.5. The summed E-state index contributed by atoms with van der Waals surface area (Å²) in [5.41, 5.74) is 11.3. The van der Waals surface area contributed by atoms with Gasteiger partial charge in [0, 0.05) is 58.0 Å². The predicted octanol–water partition coefficient (Wildman–Crippen LogP) is 6.36. The highest BCUT2D eigenvalue weighted by Crippen LogP contribution is 2.44. The smallest absolute Gasteiger partial charge is 0.335 e. The Balaban J connectivity index is 2.04. The molecule has 6 nitrogen and oxygen atoms in total. The van der Waals surface area contributed by atoms with E-state index in [4.69, 9.17) is 11.1 Å². The second-order valence-electron chi connectivity index (χ2n) is 10.1. The van der Waals surface area contributed by atoms with Crippen molar-refractivity contribution in [1.82, 2.24) is 4.57 Å². The quantitative estimate of drug-likeness (QED) is 0.283. The molecule has 3 aromatic rings. The molecule has 0 aliphatic heterocycles. The van der Waals surface area contributed by atoms with Gasteiger partial charge in [-0.2, -0.15) is 5.26 Å². The van der Waals surface area contributed by atoms with Gasteiger partial charge in [0.25, 0.3) is 0 Å². The molecular formula is C28H32N4O2. The van der Waals surface area contributed by atoms with Crippen LogP contribution in [0.3, 0.4) is 0 Å². The number of nitrogen functional groups attached to an aromatic ring is 1. The predicted molar refractivity (Wildman–Crippen MR) is 136 cm³/mol. The van der Waals surface area contributed by atoms with E-state index in [1.54, 1.807) is 12.1 Å². The summed E-state index contributed by atoms with van der Waals surface area (Å²) in [7, 11) is 0. The number of nitrogens with one attached hydrogen (secondary N) is 1. The lowest BCUT2D eigenvalue weighted by Crippen LogP contribution is -2.25. The van der Waals surface area contributed by atoms with Crippen LogP contribution < -0.4 is 5.73 Å². The minimum absolute atomic E-state index is 0.234. The summed E-state index contributed by atoms with van der Waals surface area (Å²) in [6.07, 6.45) is 7.77. The minimum Gasteiger partial charge on any atom is -0.478 e. The number of hydrogen-bond donors (Lipinski definition) is 3. The zero-order valence-corrected chi connectivity index (χ0v) is 19.9. The van der Waals surface area contributed by atoms with Crippen molar-refractivity contribution in [3.05, 3.63) is 53.2 Å². The molecule has 0 radical (unpaired) electrons. The first-order valence-electron chi connectivity index (χ1n) is 11.9. The summed E-state index contributed by atoms with van der Waals surface area (Å²) in [4.78, 5) is 11.4. The Labute approximate surface area is 200 Å². The molecule has 1 saturated carbocycles. The van der Waals surface area contributed by atoms with E-state index in [1.165, 1.54) is 38.3 Å². The number of carboxylic acid groups (broad SMARTS) is 1. The highest BCUT2D eigenvalue weighted by Gasteiger charge is 2.32. The molecule has 0 bridgehead atoms. The SMILES string of the molecule is CC(C)(CC#N)c1c(-c2ccc(C(=O)O)cc2)c2cc(N)c(C=N)cc2n1CC1CCCCC1. The molecule has 2 aromatic carbocycles. The van der Waals surface area contributed by atoms with Crippen LogP contribution in [0.5, 0.6) is 0 Å². The Morgan fingerprint density at radius 3 is 2.50 bits per heavy atom. The molecule has 0 unspecified atom stereocenters. The van der Waals surface area contributed by atoms with Crippen LogP contribution in [0.25, 0.3) is 22.0 Å². The highest BCUT2D eigenvalue weighted by atomic mass is 16.4. The lowest BCUT2D eigenvalue weighted by Gasteiger charge is -2.30. The summed E-state index contributed by atoms with van der Waals surface area (Å²) >= 11 is 0. The third-order valence-corrected chi connectivity index (χ3v) is 7.17. The number of carboxylic acids is 1. The van der Waals surface area contributed by atoms with Crippen LogP contribution in [0.2, 0.25) is 0 Å². The molecule has 0 spiro atoms. The van der Waals surface area contributed by atoms with Gasteiger partial charge in [-0.15, -0.1) is 0 Å². The molecule has 6 heteroatoms. The molecule has 0 atom stereocenters. The van der Waals surface area contributed by atoms with E-state index in [1.807, 2.05) is 24.3 Å². The van der Waals surface area contributed by atoms with Crippen LogP contribution in [0.15, 0.2) is 36.4 Å². The average Bonchev–Trinajstić information content (AvgIpc) is 3.12. The fourth-order valence-electron chi connectivity index (χ4n) is 5.43. The Morgan fingerprint density at radius 2 is 1.91 bits per heavy atom. The molecule has 1 aliphatic rings. The summed E-state index contributed by atoms with van der Waals surface area (Å²) in [5, 5.41) is 27.9. The van der Waals surface area contributed by atoms with Gasteiger partial charge in [-0.05, 0) is 48.6 Å². The number of aromatic nitrogens is 1. The van der Waals surface area contributed by atoms with E-state index in [2.05, 4.69) is 24.5 Å². The van der Waals surface area contributed by atoms with E-state index >= 15 is 0 Å². The van der Waals surface area contributed by atoms with Crippen LogP contribution in [0.1, 0.15) is 74.0 Å². The van der Waals surface area contributed by atoms with Gasteiger partial charge in [0.05, 0.1) is 11.6 Å². The van der Waals surface area contributed by atoms with Gasteiger partial charge in [0.2, 0.25) is 0 Å². The first-order valence-corrected chi connectivity index (χ1v) is 11.9. The van der Waals surface area contributed by atoms with Gasteiger partial charge >= 0.3 is 5.97 Å². The van der Waals surface area contributed by atoms with Crippen molar-refractivity contribution < 1.29 is 9.90 Å². The van der Waals surface area contributed by atoms with Crippen molar-refractivity contribution in [2.45, 2.75) is 64.3 Å². The van der Waals surface area contributed by atoms with Gasteiger partial charge < -0.3 is 20.8 Å². The highest BCUT2D eigenvalue weighted by molar-refractivity contribution is 6.04. The first kappa shape index (κ1) is 23.6. The Morgan fingerprint density at radius 1 is 1.24 bits per heavy atom. The Hall–Kier alpha value is -3.59. The van der Waals surface area contributed by atoms with Gasteiger partial charge in [0.15, 0.2) is 0 Å². The van der Waals surface area contributed by atoms with Crippen LogP contribution in [-0.2, 0) is 12.0 Å². The van der Waals surface area contributed by atoms with Crippen molar-refractivity contribution in [3.8, 4) is 17.2 Å². The number of anilines is 1. The van der Waals surface area contributed by atoms with Gasteiger partial charge in [-0.1, -0.05) is 45.2 Å². The molecule has 176 valence electrons. The van der Waals surface area contributed by atoms with Gasteiger partial charge in [0.1, 0.15) is 0 Å². The third-order valence-electron chi connectivity index (χ3n) is 7.17. The average molecular weight is 457 g/mol. The number of nitriles is 1. The first-order chi connectivity index (χ1) is 16.3. The molecule has 0 amide bonds. The summed E-state index contributed by atoms with van der Waals surface area (Å²) in [6.45, 7) is 5.05. The maximum atomic E-state index is 11.4. The summed E-state index contributed by atoms with van der Waals surface area (Å²) in [6, 6.07) is 13.2. The molecule has 4 N–H and O–H groups in total. The van der Waals surface area contributed by atoms with E-state index in [-0.39, 0.29) is 5.56 Å². The Kier molecular flexibility index (Phi) is 6.47. The van der Waals surface area contributed by atoms with Gasteiger partial charge in [-0.3, -0.25) is 0 Å². The molecule has 4 rings (SSSR count). The van der Waals surface area contributed by atoms with Crippen LogP contribution in [0, 0.1) is 22.7 Å². The maximum Gasteiger partial charge on any atom is 0.335 e. The van der Waals surface area contributed by atoms with Crippen molar-refractivity contribution >= 4 is 28.8 Å². The zero-order valence-electron chi connectivity index (χ0n) is 19.9. The number of carbonyl (C=O) groups is 1. The second kappa shape index (κ2) is 9.34. The van der Waals surface area contributed by atoms with Crippen molar-refractivity contribution in [3.63, 3.8) is 0 Å². The monoisotopic (exact) mass is 456 g/mol. The molecule has 0 saturated heterocycles. The van der Waals surface area contributed by atoms with E-state index < -0.39 is 11.4 Å². The van der Waals surface area contributed by atoms with Crippen molar-refractivity contribution in [2.75, 3.05) is 5.73 Å². The lowest BCUT2D eigenvalue weighted by molar-refractivity contribution is 0.0697. The fraction of sp³-hybridized carbons (Fsp3) is 0.393. The van der Waals surface area contributed by atoms with E-state index in [0.717, 1.165) is 34.3 Å². The summed E-state index contributed by atoms with van der Waals surface area (Å²) < 4.78 is 2.36. The fourth-order valence-corrected chi connectivity index (χ4v) is 5.43. The number of nitrogens with zero attached hydrogens (tertiary/aromatic N) is 2. The number of benzene rings is 2. The maximum absolute atomic E-state index is 11.4. The minimum atomic E-state index is -0.962. The number of aromatic carboxylic acids is 1. The molecular weight excluding hydrogens is 424 g/mol. The van der Waals surface area contributed by atoms with E-state index in [0.29, 0.717) is 23.6 Å². The van der Waals surface area contributed by atoms with Crippen molar-refractivity contribution in [2.24, 2.45) is 5.92 Å². The number of hydrogen-bond acceptors (Lipinski definition) is 4. The second-order valence-corrected chi connectivity index (χ2v) is 10.1. The van der Waals surface area contributed by atoms with Gasteiger partial charge in [-0.25, -0.2) is 4.79 Å². The standard InChI is InChI=1S/C28H32N4O2/c1-28(2,12-13-29)26-25(19-8-10-20(11-9-19)27(33)34)22-15-23(31)21(16-30)14-24(22)32(26)17-18-6-4-3-5-7-18/h8-11,14-16,18,30H,3-7,12,17,31H2,1-2H3,(H,33,34). The molecule has 1 aromatic heterocycles. The van der Waals surface area contributed by atoms with Crippen LogP contribution in [-0.4, -0.2) is 21.9 Å². The molecule has 1 aliphatic carbocycles. The third kappa shape index (κ3) is 4.31. The largest absolute Gasteiger partial charge is 0.478 e. The number of rotatable bonds is 7. The number of nitrogens with two attached hydrogens (primary N) is 1. The van der Waals surface area contributed by atoms with Crippen molar-refractivity contribution in [1.29, 1.82) is 10.7 Å². The molecule has 34 heavy (non-hydrogen) atoms. The van der Waals surface area contributed by atoms with Crippen LogP contribution in [0.4, 0.5) is 5.69 Å². The molecule has 1 fully saturated rings. The topological polar surface area (TPSA) is 116 Å². The lowest BCUT2D eigenvalue weighted by atomic mass is 9.81. The Bertz CT molecular complexity index is 1270. The normalized spacial score (nSPS) is 14.7. The van der Waals surface area contributed by atoms with Crippen LogP contribution >= 0.6 is 0 Å². The number of fused-ring (bicyclic) bond motifs is 1.